The molecule has 1 heterocycles. The molecule has 0 radical (unpaired) electrons. The first-order chi connectivity index (χ1) is 12.4. The molecule has 0 unspecified atom stereocenters. The highest BCUT2D eigenvalue weighted by Gasteiger charge is 2.10. The van der Waals surface area contributed by atoms with Gasteiger partial charge in [-0.25, -0.2) is 0 Å². The highest BCUT2D eigenvalue weighted by atomic mass is 16.1. The first-order valence-corrected chi connectivity index (χ1v) is 9.31. The third-order valence-electron chi connectivity index (χ3n) is 4.28. The minimum absolute atomic E-state index is 0.143. The van der Waals surface area contributed by atoms with Gasteiger partial charge in [0.05, 0.1) is 0 Å². The molecule has 0 aliphatic carbocycles. The molecule has 0 saturated carbocycles. The van der Waals surface area contributed by atoms with Gasteiger partial charge in [0.15, 0.2) is 0 Å². The lowest BCUT2D eigenvalue weighted by Gasteiger charge is -2.22. The summed E-state index contributed by atoms with van der Waals surface area (Å²) >= 11 is 0. The van der Waals surface area contributed by atoms with Crippen molar-refractivity contribution in [3.8, 4) is 0 Å². The molecule has 0 atom stereocenters. The smallest absolute Gasteiger partial charge is 0.269 e. The lowest BCUT2D eigenvalue weighted by atomic mass is 10.1. The maximum Gasteiger partial charge on any atom is 0.269 e. The third kappa shape index (κ3) is 5.22. The number of aromatic nitrogens is 1. The average molecular weight is 354 g/mol. The molecule has 0 aliphatic heterocycles. The standard InChI is InChI=1S/C21H30N4O/c1-6-25(7-2)18-8-9-19(16(5)12-18)24-17-10-11-22-20(13-17)21(26)23-14-15(3)4/h8-13,15H,6-7,14H2,1-5H3,(H,22,24)(H,23,26). The predicted octanol–water partition coefficient (Wildman–Crippen LogP) is 4.37. The SMILES string of the molecule is CCN(CC)c1ccc(Nc2ccnc(C(=O)NCC(C)C)c2)c(C)c1. The van der Waals surface area contributed by atoms with Crippen molar-refractivity contribution in [1.82, 2.24) is 10.3 Å². The van der Waals surface area contributed by atoms with E-state index in [-0.39, 0.29) is 5.91 Å². The van der Waals surface area contributed by atoms with Gasteiger partial charge in [-0.3, -0.25) is 9.78 Å². The van der Waals surface area contributed by atoms with Gasteiger partial charge in [-0.15, -0.1) is 0 Å². The fourth-order valence-corrected chi connectivity index (χ4v) is 2.75. The minimum atomic E-state index is -0.143. The second-order valence-electron chi connectivity index (χ2n) is 6.83. The molecule has 140 valence electrons. The van der Waals surface area contributed by atoms with Crippen LogP contribution in [0, 0.1) is 12.8 Å². The van der Waals surface area contributed by atoms with Gasteiger partial charge >= 0.3 is 0 Å². The first-order valence-electron chi connectivity index (χ1n) is 9.31. The molecule has 2 rings (SSSR count). The Kier molecular flexibility index (Phi) is 7.01. The Morgan fingerprint density at radius 3 is 2.50 bits per heavy atom. The zero-order valence-corrected chi connectivity index (χ0v) is 16.5. The summed E-state index contributed by atoms with van der Waals surface area (Å²) < 4.78 is 0. The van der Waals surface area contributed by atoms with Crippen LogP contribution in [0.15, 0.2) is 36.5 Å². The fraction of sp³-hybridized carbons (Fsp3) is 0.429. The van der Waals surface area contributed by atoms with Crippen molar-refractivity contribution in [2.45, 2.75) is 34.6 Å². The summed E-state index contributed by atoms with van der Waals surface area (Å²) in [6, 6.07) is 10.1. The van der Waals surface area contributed by atoms with Crippen LogP contribution in [0.2, 0.25) is 0 Å². The van der Waals surface area contributed by atoms with Crippen LogP contribution in [0.4, 0.5) is 17.1 Å². The summed E-state index contributed by atoms with van der Waals surface area (Å²) in [7, 11) is 0. The van der Waals surface area contributed by atoms with E-state index in [9.17, 15) is 4.79 Å². The lowest BCUT2D eigenvalue weighted by Crippen LogP contribution is -2.28. The molecule has 2 aromatic rings. The van der Waals surface area contributed by atoms with Crippen molar-refractivity contribution in [2.75, 3.05) is 29.9 Å². The minimum Gasteiger partial charge on any atom is -0.372 e. The number of carbonyl (C=O) groups excluding carboxylic acids is 1. The fourth-order valence-electron chi connectivity index (χ4n) is 2.75. The summed E-state index contributed by atoms with van der Waals surface area (Å²) in [6.45, 7) is 13.2. The number of hydrogen-bond donors (Lipinski definition) is 2. The zero-order chi connectivity index (χ0) is 19.1. The Balaban J connectivity index is 2.13. The number of carbonyl (C=O) groups is 1. The van der Waals surface area contributed by atoms with E-state index in [1.54, 1.807) is 12.3 Å². The van der Waals surface area contributed by atoms with Crippen LogP contribution in [-0.2, 0) is 0 Å². The Hall–Kier alpha value is -2.56. The largest absolute Gasteiger partial charge is 0.372 e. The Bertz CT molecular complexity index is 739. The van der Waals surface area contributed by atoms with E-state index >= 15 is 0 Å². The molecule has 1 aromatic heterocycles. The number of hydrogen-bond acceptors (Lipinski definition) is 4. The van der Waals surface area contributed by atoms with Gasteiger partial charge in [0.1, 0.15) is 5.69 Å². The van der Waals surface area contributed by atoms with Gasteiger partial charge in [-0.05, 0) is 62.6 Å². The van der Waals surface area contributed by atoms with E-state index in [4.69, 9.17) is 0 Å². The average Bonchev–Trinajstić information content (AvgIpc) is 2.63. The quantitative estimate of drug-likeness (QED) is 0.739. The highest BCUT2D eigenvalue weighted by molar-refractivity contribution is 5.93. The van der Waals surface area contributed by atoms with Crippen molar-refractivity contribution < 1.29 is 4.79 Å². The van der Waals surface area contributed by atoms with Crippen LogP contribution in [-0.4, -0.2) is 30.5 Å². The summed E-state index contributed by atoms with van der Waals surface area (Å²) in [4.78, 5) is 18.7. The number of anilines is 3. The van der Waals surface area contributed by atoms with E-state index in [1.165, 1.54) is 5.69 Å². The lowest BCUT2D eigenvalue weighted by molar-refractivity contribution is 0.0944. The van der Waals surface area contributed by atoms with Crippen LogP contribution in [0.5, 0.6) is 0 Å². The normalized spacial score (nSPS) is 10.7. The van der Waals surface area contributed by atoms with Crippen LogP contribution in [0.3, 0.4) is 0 Å². The van der Waals surface area contributed by atoms with Crippen LogP contribution >= 0.6 is 0 Å². The first kappa shape index (κ1) is 19.8. The Labute approximate surface area is 156 Å². The van der Waals surface area contributed by atoms with Gasteiger partial charge in [-0.2, -0.15) is 0 Å². The number of pyridine rings is 1. The summed E-state index contributed by atoms with van der Waals surface area (Å²) in [5, 5.41) is 6.29. The van der Waals surface area contributed by atoms with Gasteiger partial charge in [0.2, 0.25) is 0 Å². The molecule has 5 heteroatoms. The van der Waals surface area contributed by atoms with E-state index in [2.05, 4.69) is 73.3 Å². The molecular weight excluding hydrogens is 324 g/mol. The van der Waals surface area contributed by atoms with Gasteiger partial charge in [0, 0.05) is 42.9 Å². The maximum absolute atomic E-state index is 12.2. The maximum atomic E-state index is 12.2. The number of amides is 1. The molecular formula is C21H30N4O. The monoisotopic (exact) mass is 354 g/mol. The van der Waals surface area contributed by atoms with Crippen molar-refractivity contribution in [3.63, 3.8) is 0 Å². The number of nitrogens with zero attached hydrogens (tertiary/aromatic N) is 2. The topological polar surface area (TPSA) is 57.3 Å². The third-order valence-corrected chi connectivity index (χ3v) is 4.28. The summed E-state index contributed by atoms with van der Waals surface area (Å²) in [5.74, 6) is 0.267. The zero-order valence-electron chi connectivity index (χ0n) is 16.5. The summed E-state index contributed by atoms with van der Waals surface area (Å²) in [5.41, 5.74) is 4.70. The number of benzene rings is 1. The van der Waals surface area contributed by atoms with Crippen LogP contribution in [0.1, 0.15) is 43.7 Å². The Morgan fingerprint density at radius 1 is 1.15 bits per heavy atom. The molecule has 0 saturated heterocycles. The molecule has 26 heavy (non-hydrogen) atoms. The number of rotatable bonds is 8. The van der Waals surface area contributed by atoms with Crippen molar-refractivity contribution >= 4 is 23.0 Å². The number of nitrogens with one attached hydrogen (secondary N) is 2. The van der Waals surface area contributed by atoms with Gasteiger partial charge in [-0.1, -0.05) is 13.8 Å². The van der Waals surface area contributed by atoms with E-state index in [1.807, 2.05) is 6.07 Å². The molecule has 1 amide bonds. The second kappa shape index (κ2) is 9.22. The van der Waals surface area contributed by atoms with E-state index < -0.39 is 0 Å². The molecule has 1 aromatic carbocycles. The Morgan fingerprint density at radius 2 is 1.88 bits per heavy atom. The molecule has 0 spiro atoms. The predicted molar refractivity (Wildman–Crippen MR) is 109 cm³/mol. The highest BCUT2D eigenvalue weighted by Crippen LogP contribution is 2.25. The molecule has 0 bridgehead atoms. The van der Waals surface area contributed by atoms with Gasteiger partial charge in [0.25, 0.3) is 5.91 Å². The molecule has 5 nitrogen and oxygen atoms in total. The molecule has 0 fully saturated rings. The van der Waals surface area contributed by atoms with Crippen molar-refractivity contribution in [1.29, 1.82) is 0 Å². The van der Waals surface area contributed by atoms with E-state index in [0.29, 0.717) is 18.2 Å². The molecule has 0 aliphatic rings. The van der Waals surface area contributed by atoms with Gasteiger partial charge < -0.3 is 15.5 Å². The van der Waals surface area contributed by atoms with Crippen LogP contribution in [0.25, 0.3) is 0 Å². The van der Waals surface area contributed by atoms with Crippen molar-refractivity contribution in [2.24, 2.45) is 5.92 Å². The van der Waals surface area contributed by atoms with Crippen molar-refractivity contribution in [3.05, 3.63) is 47.8 Å². The van der Waals surface area contributed by atoms with Crippen LogP contribution < -0.4 is 15.5 Å². The molecule has 2 N–H and O–H groups in total. The van der Waals surface area contributed by atoms with E-state index in [0.717, 1.165) is 30.0 Å². The number of aryl methyl sites for hydroxylation is 1. The summed E-state index contributed by atoms with van der Waals surface area (Å²) in [6.07, 6.45) is 1.66. The second-order valence-corrected chi connectivity index (χ2v) is 6.83.